The highest BCUT2D eigenvalue weighted by Gasteiger charge is 2.10. The van der Waals surface area contributed by atoms with E-state index in [-0.39, 0.29) is 29.6 Å². The second-order valence-corrected chi connectivity index (χ2v) is 4.19. The zero-order valence-corrected chi connectivity index (χ0v) is 11.2. The number of hydrogen-bond acceptors (Lipinski definition) is 4. The Kier molecular flexibility index (Phi) is 5.85. The SMILES string of the molecule is CCOC(=O)CCCNC(=O)c1cc(C)ccc1O. The van der Waals surface area contributed by atoms with Crippen LogP contribution in [0.3, 0.4) is 0 Å². The van der Waals surface area contributed by atoms with Crippen LogP contribution < -0.4 is 5.32 Å². The van der Waals surface area contributed by atoms with Gasteiger partial charge >= 0.3 is 5.97 Å². The van der Waals surface area contributed by atoms with E-state index in [0.29, 0.717) is 19.6 Å². The van der Waals surface area contributed by atoms with Crippen molar-refractivity contribution in [1.29, 1.82) is 0 Å². The molecule has 1 aromatic rings. The van der Waals surface area contributed by atoms with Gasteiger partial charge in [-0.1, -0.05) is 11.6 Å². The van der Waals surface area contributed by atoms with E-state index in [1.54, 1.807) is 19.1 Å². The molecule has 0 aliphatic rings. The summed E-state index contributed by atoms with van der Waals surface area (Å²) in [7, 11) is 0. The highest BCUT2D eigenvalue weighted by molar-refractivity contribution is 5.96. The van der Waals surface area contributed by atoms with Crippen molar-refractivity contribution in [2.75, 3.05) is 13.2 Å². The third kappa shape index (κ3) is 4.99. The van der Waals surface area contributed by atoms with Gasteiger partial charge in [-0.3, -0.25) is 9.59 Å². The van der Waals surface area contributed by atoms with Crippen molar-refractivity contribution >= 4 is 11.9 Å². The molecule has 0 unspecified atom stereocenters. The van der Waals surface area contributed by atoms with Crippen LogP contribution in [-0.2, 0) is 9.53 Å². The van der Waals surface area contributed by atoms with Gasteiger partial charge < -0.3 is 15.2 Å². The number of carbonyl (C=O) groups excluding carboxylic acids is 2. The van der Waals surface area contributed by atoms with Gasteiger partial charge in [0, 0.05) is 13.0 Å². The number of phenolic OH excluding ortho intramolecular Hbond substituents is 1. The molecule has 0 saturated carbocycles. The molecule has 0 fully saturated rings. The number of hydrogen-bond donors (Lipinski definition) is 2. The Bertz CT molecular complexity index is 457. The molecule has 0 aliphatic carbocycles. The van der Waals surface area contributed by atoms with E-state index in [2.05, 4.69) is 5.32 Å². The summed E-state index contributed by atoms with van der Waals surface area (Å²) >= 11 is 0. The second kappa shape index (κ2) is 7.41. The van der Waals surface area contributed by atoms with Gasteiger partial charge in [0.1, 0.15) is 5.75 Å². The lowest BCUT2D eigenvalue weighted by atomic mass is 10.1. The number of rotatable bonds is 6. The molecule has 0 spiro atoms. The Morgan fingerprint density at radius 2 is 2.11 bits per heavy atom. The molecule has 0 aromatic heterocycles. The van der Waals surface area contributed by atoms with E-state index in [0.717, 1.165) is 5.56 Å². The van der Waals surface area contributed by atoms with E-state index >= 15 is 0 Å². The number of aromatic hydroxyl groups is 1. The van der Waals surface area contributed by atoms with Crippen LogP contribution in [0.15, 0.2) is 18.2 Å². The second-order valence-electron chi connectivity index (χ2n) is 4.19. The fourth-order valence-electron chi connectivity index (χ4n) is 1.59. The monoisotopic (exact) mass is 265 g/mol. The smallest absolute Gasteiger partial charge is 0.305 e. The van der Waals surface area contributed by atoms with E-state index in [1.807, 2.05) is 6.92 Å². The lowest BCUT2D eigenvalue weighted by Crippen LogP contribution is -2.25. The van der Waals surface area contributed by atoms with Gasteiger partial charge in [-0.2, -0.15) is 0 Å². The molecule has 1 rings (SSSR count). The van der Waals surface area contributed by atoms with Crippen LogP contribution in [0.5, 0.6) is 5.75 Å². The van der Waals surface area contributed by atoms with Crippen LogP contribution in [0.4, 0.5) is 0 Å². The summed E-state index contributed by atoms with van der Waals surface area (Å²) in [6, 6.07) is 4.84. The molecule has 0 bridgehead atoms. The fraction of sp³-hybridized carbons (Fsp3) is 0.429. The third-order valence-electron chi connectivity index (χ3n) is 2.55. The number of carbonyl (C=O) groups is 2. The predicted molar refractivity (Wildman–Crippen MR) is 71.0 cm³/mol. The van der Waals surface area contributed by atoms with Gasteiger partial charge in [-0.05, 0) is 32.4 Å². The van der Waals surface area contributed by atoms with Gasteiger partial charge in [-0.25, -0.2) is 0 Å². The topological polar surface area (TPSA) is 75.6 Å². The van der Waals surface area contributed by atoms with E-state index < -0.39 is 0 Å². The summed E-state index contributed by atoms with van der Waals surface area (Å²) < 4.78 is 4.78. The minimum atomic E-state index is -0.343. The van der Waals surface area contributed by atoms with Crippen LogP contribution in [0.1, 0.15) is 35.7 Å². The maximum atomic E-state index is 11.8. The van der Waals surface area contributed by atoms with Crippen LogP contribution in [0.2, 0.25) is 0 Å². The molecule has 5 nitrogen and oxygen atoms in total. The number of ether oxygens (including phenoxy) is 1. The van der Waals surface area contributed by atoms with Crippen molar-refractivity contribution in [3.8, 4) is 5.75 Å². The maximum Gasteiger partial charge on any atom is 0.305 e. The number of nitrogens with one attached hydrogen (secondary N) is 1. The van der Waals surface area contributed by atoms with Crippen molar-refractivity contribution < 1.29 is 19.4 Å². The zero-order valence-electron chi connectivity index (χ0n) is 11.2. The molecule has 1 aromatic carbocycles. The van der Waals surface area contributed by atoms with Crippen molar-refractivity contribution in [2.45, 2.75) is 26.7 Å². The number of amides is 1. The van der Waals surface area contributed by atoms with E-state index in [1.165, 1.54) is 6.07 Å². The molecule has 19 heavy (non-hydrogen) atoms. The molecule has 0 saturated heterocycles. The molecule has 5 heteroatoms. The van der Waals surface area contributed by atoms with E-state index in [9.17, 15) is 14.7 Å². The maximum absolute atomic E-state index is 11.8. The summed E-state index contributed by atoms with van der Waals surface area (Å²) in [5, 5.41) is 12.2. The number of aryl methyl sites for hydroxylation is 1. The van der Waals surface area contributed by atoms with Crippen molar-refractivity contribution in [3.05, 3.63) is 29.3 Å². The molecule has 0 radical (unpaired) electrons. The zero-order chi connectivity index (χ0) is 14.3. The Balaban J connectivity index is 2.39. The van der Waals surface area contributed by atoms with Crippen LogP contribution in [0.25, 0.3) is 0 Å². The minimum Gasteiger partial charge on any atom is -0.507 e. The van der Waals surface area contributed by atoms with Crippen molar-refractivity contribution in [1.82, 2.24) is 5.32 Å². The van der Waals surface area contributed by atoms with Gasteiger partial charge in [0.25, 0.3) is 5.91 Å². The summed E-state index contributed by atoms with van der Waals surface area (Å²) in [6.45, 7) is 4.32. The first-order valence-corrected chi connectivity index (χ1v) is 6.28. The number of phenols is 1. The van der Waals surface area contributed by atoms with Gasteiger partial charge in [-0.15, -0.1) is 0 Å². The quantitative estimate of drug-likeness (QED) is 0.607. The Hall–Kier alpha value is -2.04. The summed E-state index contributed by atoms with van der Waals surface area (Å²) in [5.74, 6) is -0.659. The average Bonchev–Trinajstić information content (AvgIpc) is 2.37. The van der Waals surface area contributed by atoms with Crippen molar-refractivity contribution in [2.24, 2.45) is 0 Å². The molecular weight excluding hydrogens is 246 g/mol. The fourth-order valence-corrected chi connectivity index (χ4v) is 1.59. The molecule has 0 atom stereocenters. The van der Waals surface area contributed by atoms with Gasteiger partial charge in [0.15, 0.2) is 0 Å². The summed E-state index contributed by atoms with van der Waals surface area (Å²) in [6.07, 6.45) is 0.783. The minimum absolute atomic E-state index is 0.0477. The third-order valence-corrected chi connectivity index (χ3v) is 2.55. The summed E-state index contributed by atoms with van der Waals surface area (Å²) in [4.78, 5) is 22.9. The van der Waals surface area contributed by atoms with E-state index in [4.69, 9.17) is 4.74 Å². The first kappa shape index (κ1) is 15.0. The van der Waals surface area contributed by atoms with Crippen LogP contribution >= 0.6 is 0 Å². The molecular formula is C14H19NO4. The molecule has 1 amide bonds. The molecule has 0 heterocycles. The number of esters is 1. The molecule has 2 N–H and O–H groups in total. The molecule has 0 aliphatic heterocycles. The van der Waals surface area contributed by atoms with Crippen LogP contribution in [-0.4, -0.2) is 30.1 Å². The molecule has 104 valence electrons. The normalized spacial score (nSPS) is 10.0. The summed E-state index contributed by atoms with van der Waals surface area (Å²) in [5.41, 5.74) is 1.14. The lowest BCUT2D eigenvalue weighted by Gasteiger charge is -2.07. The highest BCUT2D eigenvalue weighted by Crippen LogP contribution is 2.17. The van der Waals surface area contributed by atoms with Gasteiger partial charge in [0.2, 0.25) is 0 Å². The first-order valence-electron chi connectivity index (χ1n) is 6.28. The largest absolute Gasteiger partial charge is 0.507 e. The average molecular weight is 265 g/mol. The number of benzene rings is 1. The Morgan fingerprint density at radius 3 is 2.79 bits per heavy atom. The van der Waals surface area contributed by atoms with Crippen LogP contribution in [0, 0.1) is 6.92 Å². The highest BCUT2D eigenvalue weighted by atomic mass is 16.5. The Morgan fingerprint density at radius 1 is 1.37 bits per heavy atom. The predicted octanol–water partition coefficient (Wildman–Crippen LogP) is 1.77. The standard InChI is InChI=1S/C14H19NO4/c1-3-19-13(17)5-4-8-15-14(18)11-9-10(2)6-7-12(11)16/h6-7,9,16H,3-5,8H2,1-2H3,(H,15,18). The Labute approximate surface area is 112 Å². The first-order chi connectivity index (χ1) is 9.04. The van der Waals surface area contributed by atoms with Crippen molar-refractivity contribution in [3.63, 3.8) is 0 Å². The van der Waals surface area contributed by atoms with Gasteiger partial charge in [0.05, 0.1) is 12.2 Å². The lowest BCUT2D eigenvalue weighted by molar-refractivity contribution is -0.143.